The predicted octanol–water partition coefficient (Wildman–Crippen LogP) is 2.15. The molecule has 1 fully saturated rings. The minimum absolute atomic E-state index is 0.236. The van der Waals surface area contributed by atoms with Gasteiger partial charge < -0.3 is 5.73 Å². The van der Waals surface area contributed by atoms with Crippen molar-refractivity contribution in [1.82, 2.24) is 0 Å². The van der Waals surface area contributed by atoms with Crippen LogP contribution in [0.15, 0.2) is 28.0 Å². The zero-order valence-electron chi connectivity index (χ0n) is 10.1. The molecule has 0 spiro atoms. The van der Waals surface area contributed by atoms with Crippen molar-refractivity contribution in [3.05, 3.63) is 23.8 Å². The molecule has 1 aromatic rings. The average molecular weight is 271 g/mol. The molecule has 5 heteroatoms. The van der Waals surface area contributed by atoms with Gasteiger partial charge in [0.05, 0.1) is 4.90 Å². The zero-order chi connectivity index (χ0) is 12.7. The molecule has 3 nitrogen and oxygen atoms in total. The summed E-state index contributed by atoms with van der Waals surface area (Å²) in [6.07, 6.45) is 6.25. The molecule has 0 unspecified atom stereocenters. The molecule has 2 rings (SSSR count). The lowest BCUT2D eigenvalue weighted by molar-refractivity contribution is 0.253. The maximum atomic E-state index is 11.6. The monoisotopic (exact) mass is 271 g/mol. The van der Waals surface area contributed by atoms with Gasteiger partial charge in [-0.1, -0.05) is 6.07 Å². The number of hydrogen-bond donors (Lipinski definition) is 1. The van der Waals surface area contributed by atoms with E-state index in [-0.39, 0.29) is 5.54 Å². The van der Waals surface area contributed by atoms with Crippen LogP contribution in [0.1, 0.15) is 24.8 Å². The lowest BCUT2D eigenvalue weighted by Gasteiger charge is -2.39. The second kappa shape index (κ2) is 4.30. The summed E-state index contributed by atoms with van der Waals surface area (Å²) in [6.45, 7) is 0. The van der Waals surface area contributed by atoms with E-state index in [4.69, 9.17) is 5.73 Å². The molecular formula is C12H17NO2S2. The van der Waals surface area contributed by atoms with Gasteiger partial charge in [-0.3, -0.25) is 0 Å². The molecule has 0 atom stereocenters. The molecule has 1 aromatic carbocycles. The van der Waals surface area contributed by atoms with Crippen LogP contribution in [0.2, 0.25) is 0 Å². The van der Waals surface area contributed by atoms with Gasteiger partial charge in [-0.15, -0.1) is 11.8 Å². The van der Waals surface area contributed by atoms with Crippen LogP contribution in [-0.4, -0.2) is 20.9 Å². The van der Waals surface area contributed by atoms with E-state index in [1.54, 1.807) is 6.07 Å². The fourth-order valence-corrected chi connectivity index (χ4v) is 4.09. The molecule has 17 heavy (non-hydrogen) atoms. The Balaban J connectivity index is 2.48. The maximum absolute atomic E-state index is 11.6. The number of rotatable bonds is 3. The molecule has 94 valence electrons. The predicted molar refractivity (Wildman–Crippen MR) is 71.0 cm³/mol. The number of thioether (sulfide) groups is 1. The summed E-state index contributed by atoms with van der Waals surface area (Å²) in [5.41, 5.74) is 7.07. The highest BCUT2D eigenvalue weighted by atomic mass is 32.2. The second-order valence-electron chi connectivity index (χ2n) is 4.65. The Morgan fingerprint density at radius 3 is 2.41 bits per heavy atom. The first-order valence-electron chi connectivity index (χ1n) is 5.54. The summed E-state index contributed by atoms with van der Waals surface area (Å²) < 4.78 is 23.2. The van der Waals surface area contributed by atoms with Gasteiger partial charge in [0.2, 0.25) is 0 Å². The van der Waals surface area contributed by atoms with E-state index in [9.17, 15) is 8.42 Å². The van der Waals surface area contributed by atoms with Crippen molar-refractivity contribution in [2.75, 3.05) is 12.5 Å². The van der Waals surface area contributed by atoms with E-state index in [1.807, 2.05) is 18.4 Å². The Morgan fingerprint density at radius 2 is 2.00 bits per heavy atom. The molecule has 2 N–H and O–H groups in total. The molecule has 1 saturated carbocycles. The smallest absolute Gasteiger partial charge is 0.176 e. The number of benzene rings is 1. The Morgan fingerprint density at radius 1 is 1.35 bits per heavy atom. The fourth-order valence-electron chi connectivity index (χ4n) is 2.13. The van der Waals surface area contributed by atoms with Crippen LogP contribution in [-0.2, 0) is 15.4 Å². The number of hydrogen-bond acceptors (Lipinski definition) is 4. The lowest BCUT2D eigenvalue weighted by Crippen LogP contribution is -2.43. The highest BCUT2D eigenvalue weighted by molar-refractivity contribution is 7.99. The first-order chi connectivity index (χ1) is 7.87. The third-order valence-corrected chi connectivity index (χ3v) is 5.45. The van der Waals surface area contributed by atoms with Gasteiger partial charge >= 0.3 is 0 Å². The van der Waals surface area contributed by atoms with Gasteiger partial charge in [0.25, 0.3) is 0 Å². The van der Waals surface area contributed by atoms with Gasteiger partial charge in [0, 0.05) is 16.7 Å². The minimum Gasteiger partial charge on any atom is -0.321 e. The van der Waals surface area contributed by atoms with E-state index in [2.05, 4.69) is 0 Å². The summed E-state index contributed by atoms with van der Waals surface area (Å²) in [7, 11) is -3.16. The topological polar surface area (TPSA) is 60.2 Å². The van der Waals surface area contributed by atoms with Gasteiger partial charge in [-0.25, -0.2) is 8.42 Å². The molecule has 0 heterocycles. The van der Waals surface area contributed by atoms with Crippen LogP contribution in [0.3, 0.4) is 0 Å². The SMILES string of the molecule is CSc1cc(C2(N)CCC2)ccc1S(C)(=O)=O. The van der Waals surface area contributed by atoms with Crippen LogP contribution in [0.5, 0.6) is 0 Å². The van der Waals surface area contributed by atoms with E-state index in [1.165, 1.54) is 18.0 Å². The number of sulfone groups is 1. The van der Waals surface area contributed by atoms with Gasteiger partial charge in [-0.05, 0) is 43.2 Å². The highest BCUT2D eigenvalue weighted by Gasteiger charge is 2.34. The molecule has 0 saturated heterocycles. The van der Waals surface area contributed by atoms with Crippen LogP contribution in [0.4, 0.5) is 0 Å². The Bertz CT molecular complexity index is 533. The van der Waals surface area contributed by atoms with Crippen LogP contribution in [0.25, 0.3) is 0 Å². The van der Waals surface area contributed by atoms with Crippen molar-refractivity contribution in [3.63, 3.8) is 0 Å². The minimum atomic E-state index is -3.16. The second-order valence-corrected chi connectivity index (χ2v) is 7.48. The normalized spacial score (nSPS) is 18.8. The Labute approximate surface area is 107 Å². The molecular weight excluding hydrogens is 254 g/mol. The van der Waals surface area contributed by atoms with E-state index in [0.717, 1.165) is 29.7 Å². The molecule has 0 bridgehead atoms. The summed E-state index contributed by atoms with van der Waals surface area (Å²) >= 11 is 1.45. The van der Waals surface area contributed by atoms with Crippen molar-refractivity contribution in [3.8, 4) is 0 Å². The highest BCUT2D eigenvalue weighted by Crippen LogP contribution is 2.40. The summed E-state index contributed by atoms with van der Waals surface area (Å²) in [4.78, 5) is 1.19. The first kappa shape index (κ1) is 12.9. The first-order valence-corrected chi connectivity index (χ1v) is 8.66. The Kier molecular flexibility index (Phi) is 3.27. The molecule has 1 aliphatic rings. The van der Waals surface area contributed by atoms with Crippen LogP contribution in [0, 0.1) is 0 Å². The standard InChI is InChI=1S/C12H17NO2S2/c1-16-10-8-9(12(13)6-3-7-12)4-5-11(10)17(2,14)15/h4-5,8H,3,6-7,13H2,1-2H3. The maximum Gasteiger partial charge on any atom is 0.176 e. The zero-order valence-corrected chi connectivity index (χ0v) is 11.7. The third-order valence-electron chi connectivity index (χ3n) is 3.38. The van der Waals surface area contributed by atoms with E-state index >= 15 is 0 Å². The van der Waals surface area contributed by atoms with Crippen molar-refractivity contribution in [2.24, 2.45) is 5.73 Å². The quantitative estimate of drug-likeness (QED) is 0.856. The largest absolute Gasteiger partial charge is 0.321 e. The van der Waals surface area contributed by atoms with Crippen LogP contribution >= 0.6 is 11.8 Å². The van der Waals surface area contributed by atoms with Crippen molar-refractivity contribution in [1.29, 1.82) is 0 Å². The van der Waals surface area contributed by atoms with Crippen molar-refractivity contribution < 1.29 is 8.42 Å². The molecule has 0 amide bonds. The lowest BCUT2D eigenvalue weighted by atomic mass is 9.73. The molecule has 0 aromatic heterocycles. The van der Waals surface area contributed by atoms with Crippen molar-refractivity contribution >= 4 is 21.6 Å². The third kappa shape index (κ3) is 2.37. The van der Waals surface area contributed by atoms with E-state index < -0.39 is 9.84 Å². The molecule has 1 aliphatic carbocycles. The summed E-state index contributed by atoms with van der Waals surface area (Å²) in [6, 6.07) is 5.47. The van der Waals surface area contributed by atoms with Gasteiger partial charge in [0.15, 0.2) is 9.84 Å². The molecule has 0 aliphatic heterocycles. The van der Waals surface area contributed by atoms with Crippen molar-refractivity contribution in [2.45, 2.75) is 34.6 Å². The van der Waals surface area contributed by atoms with Crippen LogP contribution < -0.4 is 5.73 Å². The fraction of sp³-hybridized carbons (Fsp3) is 0.500. The van der Waals surface area contributed by atoms with Gasteiger partial charge in [-0.2, -0.15) is 0 Å². The average Bonchev–Trinajstić information content (AvgIpc) is 2.23. The Hall–Kier alpha value is -0.520. The number of nitrogens with two attached hydrogens (primary N) is 1. The summed E-state index contributed by atoms with van der Waals surface area (Å²) in [5.74, 6) is 0. The summed E-state index contributed by atoms with van der Waals surface area (Å²) in [5, 5.41) is 0. The van der Waals surface area contributed by atoms with Gasteiger partial charge in [0.1, 0.15) is 0 Å². The van der Waals surface area contributed by atoms with E-state index in [0.29, 0.717) is 4.90 Å². The molecule has 0 radical (unpaired) electrons.